The van der Waals surface area contributed by atoms with E-state index in [4.69, 9.17) is 0 Å². The number of carbonyl (C=O) groups excluding carboxylic acids is 2. The van der Waals surface area contributed by atoms with Crippen molar-refractivity contribution in [1.29, 1.82) is 0 Å². The Bertz CT molecular complexity index is 710. The number of hydrogen-bond donors (Lipinski definition) is 1. The SMILES string of the molecule is CCCCCCCCCCCCCCCCCCCCCC(=O)Nc1ccc(C(=O)N2CCCC2)cc1. The summed E-state index contributed by atoms with van der Waals surface area (Å²) in [6, 6.07) is 7.34. The maximum atomic E-state index is 12.4. The zero-order valence-corrected chi connectivity index (χ0v) is 24.0. The number of nitrogens with one attached hydrogen (secondary N) is 1. The second-order valence-electron chi connectivity index (χ2n) is 11.2. The molecule has 1 aliphatic rings. The molecule has 0 bridgehead atoms. The predicted octanol–water partition coefficient (Wildman–Crippen LogP) is 9.68. The molecule has 1 N–H and O–H groups in total. The van der Waals surface area contributed by atoms with Gasteiger partial charge in [0.1, 0.15) is 0 Å². The van der Waals surface area contributed by atoms with Gasteiger partial charge in [-0.15, -0.1) is 0 Å². The molecule has 2 amide bonds. The van der Waals surface area contributed by atoms with Crippen LogP contribution in [-0.4, -0.2) is 29.8 Å². The van der Waals surface area contributed by atoms with Crippen molar-refractivity contribution in [2.24, 2.45) is 0 Å². The standard InChI is InChI=1S/C33H56N2O2/c1-2-3-4-5-6-7-8-9-10-11-12-13-14-15-16-17-18-19-20-23-32(36)34-31-26-24-30(25-27-31)33(37)35-28-21-22-29-35/h24-27H,2-23,28-29H2,1H3,(H,34,36). The molecule has 37 heavy (non-hydrogen) atoms. The van der Waals surface area contributed by atoms with Gasteiger partial charge in [0.2, 0.25) is 5.91 Å². The van der Waals surface area contributed by atoms with Gasteiger partial charge in [0.15, 0.2) is 0 Å². The fourth-order valence-corrected chi connectivity index (χ4v) is 5.39. The summed E-state index contributed by atoms with van der Waals surface area (Å²) >= 11 is 0. The van der Waals surface area contributed by atoms with Gasteiger partial charge in [-0.25, -0.2) is 0 Å². The lowest BCUT2D eigenvalue weighted by Gasteiger charge is -2.15. The Hall–Kier alpha value is -1.84. The summed E-state index contributed by atoms with van der Waals surface area (Å²) in [5.74, 6) is 0.176. The number of rotatable bonds is 22. The Morgan fingerprint density at radius 3 is 1.46 bits per heavy atom. The number of anilines is 1. The van der Waals surface area contributed by atoms with E-state index in [9.17, 15) is 9.59 Å². The van der Waals surface area contributed by atoms with Gasteiger partial charge in [0.05, 0.1) is 0 Å². The van der Waals surface area contributed by atoms with Crippen LogP contribution in [0.15, 0.2) is 24.3 Å². The highest BCUT2D eigenvalue weighted by Gasteiger charge is 2.19. The minimum atomic E-state index is 0.0746. The van der Waals surface area contributed by atoms with Gasteiger partial charge >= 0.3 is 0 Å². The number of benzene rings is 1. The predicted molar refractivity (Wildman–Crippen MR) is 158 cm³/mol. The third-order valence-corrected chi connectivity index (χ3v) is 7.82. The van der Waals surface area contributed by atoms with Crippen molar-refractivity contribution in [2.75, 3.05) is 18.4 Å². The van der Waals surface area contributed by atoms with E-state index in [1.54, 1.807) is 0 Å². The third kappa shape index (κ3) is 15.2. The molecule has 0 atom stereocenters. The highest BCUT2D eigenvalue weighted by Crippen LogP contribution is 2.17. The molecule has 4 nitrogen and oxygen atoms in total. The zero-order chi connectivity index (χ0) is 26.4. The highest BCUT2D eigenvalue weighted by atomic mass is 16.2. The molecule has 2 rings (SSSR count). The van der Waals surface area contributed by atoms with Crippen molar-refractivity contribution >= 4 is 17.5 Å². The Kier molecular flexibility index (Phi) is 17.9. The van der Waals surface area contributed by atoms with E-state index in [2.05, 4.69) is 12.2 Å². The summed E-state index contributed by atoms with van der Waals surface area (Å²) in [5.41, 5.74) is 1.49. The molecule has 4 heteroatoms. The molecular weight excluding hydrogens is 456 g/mol. The van der Waals surface area contributed by atoms with Crippen LogP contribution in [0.4, 0.5) is 5.69 Å². The van der Waals surface area contributed by atoms with E-state index >= 15 is 0 Å². The number of nitrogens with zero attached hydrogens (tertiary/aromatic N) is 1. The molecule has 0 radical (unpaired) electrons. The van der Waals surface area contributed by atoms with Crippen LogP contribution in [0.25, 0.3) is 0 Å². The lowest BCUT2D eigenvalue weighted by molar-refractivity contribution is -0.116. The summed E-state index contributed by atoms with van der Waals surface area (Å²) in [7, 11) is 0. The van der Waals surface area contributed by atoms with Crippen molar-refractivity contribution in [3.63, 3.8) is 0 Å². The van der Waals surface area contributed by atoms with E-state index in [-0.39, 0.29) is 11.8 Å². The first-order valence-corrected chi connectivity index (χ1v) is 15.9. The van der Waals surface area contributed by atoms with Gasteiger partial charge < -0.3 is 10.2 Å². The fourth-order valence-electron chi connectivity index (χ4n) is 5.39. The molecule has 1 saturated heterocycles. The quantitative estimate of drug-likeness (QED) is 0.157. The van der Waals surface area contributed by atoms with Crippen LogP contribution >= 0.6 is 0 Å². The first-order valence-electron chi connectivity index (χ1n) is 15.9. The summed E-state index contributed by atoms with van der Waals surface area (Å²) < 4.78 is 0. The maximum absolute atomic E-state index is 12.4. The van der Waals surface area contributed by atoms with Crippen LogP contribution < -0.4 is 5.32 Å². The Balaban J connectivity index is 1.34. The maximum Gasteiger partial charge on any atom is 0.253 e. The molecule has 1 fully saturated rings. The normalized spacial score (nSPS) is 13.3. The van der Waals surface area contributed by atoms with E-state index in [0.717, 1.165) is 44.5 Å². The molecule has 210 valence electrons. The molecule has 0 spiro atoms. The summed E-state index contributed by atoms with van der Waals surface area (Å²) in [5, 5.41) is 2.97. The fraction of sp³-hybridized carbons (Fsp3) is 0.758. The van der Waals surface area contributed by atoms with Gasteiger partial charge in [-0.1, -0.05) is 122 Å². The summed E-state index contributed by atoms with van der Waals surface area (Å²) in [6.07, 6.45) is 28.6. The van der Waals surface area contributed by atoms with E-state index < -0.39 is 0 Å². The number of amides is 2. The smallest absolute Gasteiger partial charge is 0.253 e. The molecule has 1 aliphatic heterocycles. The average Bonchev–Trinajstić information content (AvgIpc) is 3.45. The van der Waals surface area contributed by atoms with E-state index in [1.807, 2.05) is 29.2 Å². The third-order valence-electron chi connectivity index (χ3n) is 7.82. The minimum absolute atomic E-state index is 0.0746. The first-order chi connectivity index (χ1) is 18.2. The molecule has 1 aromatic rings. The van der Waals surface area contributed by atoms with Gasteiger partial charge in [-0.05, 0) is 43.5 Å². The second-order valence-corrected chi connectivity index (χ2v) is 11.2. The summed E-state index contributed by atoms with van der Waals surface area (Å²) in [4.78, 5) is 26.6. The van der Waals surface area contributed by atoms with Crippen LogP contribution in [0, 0.1) is 0 Å². The van der Waals surface area contributed by atoms with Crippen molar-refractivity contribution in [2.45, 2.75) is 148 Å². The molecule has 0 saturated carbocycles. The highest BCUT2D eigenvalue weighted by molar-refractivity contribution is 5.96. The average molecular weight is 513 g/mol. The van der Waals surface area contributed by atoms with Crippen molar-refractivity contribution in [1.82, 2.24) is 4.90 Å². The van der Waals surface area contributed by atoms with Gasteiger partial charge in [-0.3, -0.25) is 9.59 Å². The number of carbonyl (C=O) groups is 2. The lowest BCUT2D eigenvalue weighted by Crippen LogP contribution is -2.27. The van der Waals surface area contributed by atoms with E-state index in [1.165, 1.54) is 109 Å². The molecule has 0 aromatic heterocycles. The minimum Gasteiger partial charge on any atom is -0.339 e. The van der Waals surface area contributed by atoms with Gasteiger partial charge in [0.25, 0.3) is 5.91 Å². The topological polar surface area (TPSA) is 49.4 Å². The molecule has 1 aromatic carbocycles. The largest absolute Gasteiger partial charge is 0.339 e. The molecule has 0 unspecified atom stereocenters. The lowest BCUT2D eigenvalue weighted by atomic mass is 10.0. The van der Waals surface area contributed by atoms with Crippen LogP contribution in [0.3, 0.4) is 0 Å². The number of unbranched alkanes of at least 4 members (excludes halogenated alkanes) is 18. The Morgan fingerprint density at radius 1 is 0.622 bits per heavy atom. The van der Waals surface area contributed by atoms with Gasteiger partial charge in [-0.2, -0.15) is 0 Å². The monoisotopic (exact) mass is 512 g/mol. The number of hydrogen-bond acceptors (Lipinski definition) is 2. The van der Waals surface area contributed by atoms with Crippen LogP contribution in [-0.2, 0) is 4.79 Å². The van der Waals surface area contributed by atoms with Crippen LogP contribution in [0.2, 0.25) is 0 Å². The van der Waals surface area contributed by atoms with Crippen LogP contribution in [0.5, 0.6) is 0 Å². The van der Waals surface area contributed by atoms with Crippen molar-refractivity contribution < 1.29 is 9.59 Å². The number of likely N-dealkylation sites (tertiary alicyclic amines) is 1. The first kappa shape index (κ1) is 31.4. The van der Waals surface area contributed by atoms with Crippen molar-refractivity contribution in [3.05, 3.63) is 29.8 Å². The zero-order valence-electron chi connectivity index (χ0n) is 24.0. The Labute approximate surface area is 228 Å². The molecular formula is C33H56N2O2. The summed E-state index contributed by atoms with van der Waals surface area (Å²) in [6.45, 7) is 4.00. The second kappa shape index (κ2) is 21.1. The molecule has 0 aliphatic carbocycles. The van der Waals surface area contributed by atoms with Crippen molar-refractivity contribution in [3.8, 4) is 0 Å². The van der Waals surface area contributed by atoms with Gasteiger partial charge in [0, 0.05) is 30.8 Å². The Morgan fingerprint density at radius 2 is 1.03 bits per heavy atom. The molecule has 1 heterocycles. The van der Waals surface area contributed by atoms with E-state index in [0.29, 0.717) is 12.0 Å². The van der Waals surface area contributed by atoms with Crippen LogP contribution in [0.1, 0.15) is 159 Å².